The van der Waals surface area contributed by atoms with Gasteiger partial charge in [0.05, 0.1) is 26.4 Å². The van der Waals surface area contributed by atoms with Crippen LogP contribution in [0.2, 0.25) is 0 Å². The van der Waals surface area contributed by atoms with Crippen molar-refractivity contribution in [1.29, 1.82) is 0 Å². The van der Waals surface area contributed by atoms with Crippen molar-refractivity contribution in [3.63, 3.8) is 0 Å². The second-order valence-electron chi connectivity index (χ2n) is 8.78. The molecule has 0 bridgehead atoms. The number of nitrogens with zero attached hydrogens (tertiary/aromatic N) is 2. The third-order valence-electron chi connectivity index (χ3n) is 5.99. The Kier molecular flexibility index (Phi) is 15.4. The Labute approximate surface area is 201 Å². The Morgan fingerprint density at radius 3 is 1.55 bits per heavy atom. The highest BCUT2D eigenvalue weighted by Crippen LogP contribution is 2.16. The minimum absolute atomic E-state index is 0.0585. The maximum absolute atomic E-state index is 8.66. The lowest BCUT2D eigenvalue weighted by molar-refractivity contribution is -0.698. The molecule has 0 saturated heterocycles. The van der Waals surface area contributed by atoms with E-state index in [1.54, 1.807) is 0 Å². The van der Waals surface area contributed by atoms with Gasteiger partial charge in [0.15, 0.2) is 31.3 Å². The molecule has 184 valence electrons. The number of rotatable bonds is 20. The van der Waals surface area contributed by atoms with E-state index in [0.717, 1.165) is 13.1 Å². The van der Waals surface area contributed by atoms with Gasteiger partial charge < -0.3 is 14.6 Å². The summed E-state index contributed by atoms with van der Waals surface area (Å²) in [4.78, 5) is 0. The molecule has 5 nitrogen and oxygen atoms in total. The maximum atomic E-state index is 8.66. The lowest BCUT2D eigenvalue weighted by atomic mass is 10.1. The highest BCUT2D eigenvalue weighted by Gasteiger charge is 2.06. The zero-order chi connectivity index (χ0) is 23.4. The van der Waals surface area contributed by atoms with E-state index in [2.05, 4.69) is 65.1 Å². The summed E-state index contributed by atoms with van der Waals surface area (Å²) >= 11 is 0. The first kappa shape index (κ1) is 27.4. The number of aryl methyl sites for hydroxylation is 1. The van der Waals surface area contributed by atoms with E-state index in [1.165, 1.54) is 75.3 Å². The zero-order valence-electron chi connectivity index (χ0n) is 20.8. The van der Waals surface area contributed by atoms with Crippen LogP contribution >= 0.6 is 0 Å². The summed E-state index contributed by atoms with van der Waals surface area (Å²) in [5.74, 6) is 0. The van der Waals surface area contributed by atoms with Crippen LogP contribution in [0.25, 0.3) is 11.1 Å². The Morgan fingerprint density at radius 1 is 0.576 bits per heavy atom. The first-order valence-corrected chi connectivity index (χ1v) is 13.1. The second kappa shape index (κ2) is 18.6. The predicted molar refractivity (Wildman–Crippen MR) is 133 cm³/mol. The minimum atomic E-state index is 0.0585. The van der Waals surface area contributed by atoms with Gasteiger partial charge in [0, 0.05) is 30.7 Å². The normalized spacial score (nSPS) is 11.2. The summed E-state index contributed by atoms with van der Waals surface area (Å²) in [7, 11) is 0. The van der Waals surface area contributed by atoms with Crippen molar-refractivity contribution in [2.45, 2.75) is 84.2 Å². The largest absolute Gasteiger partial charge is 0.394 e. The molecule has 0 aliphatic heterocycles. The van der Waals surface area contributed by atoms with Crippen LogP contribution in [0.5, 0.6) is 0 Å². The van der Waals surface area contributed by atoms with Crippen LogP contribution in [0.3, 0.4) is 0 Å². The zero-order valence-corrected chi connectivity index (χ0v) is 20.8. The van der Waals surface area contributed by atoms with Gasteiger partial charge in [-0.1, -0.05) is 58.3 Å². The highest BCUT2D eigenvalue weighted by atomic mass is 16.5. The number of aliphatic hydroxyl groups is 1. The Balaban J connectivity index is 1.58. The molecule has 2 aromatic heterocycles. The maximum Gasteiger partial charge on any atom is 0.171 e. The first-order chi connectivity index (χ1) is 16.3. The summed E-state index contributed by atoms with van der Waals surface area (Å²) < 4.78 is 15.2. The van der Waals surface area contributed by atoms with Gasteiger partial charge in [-0.2, -0.15) is 0 Å². The number of hydrogen-bond acceptors (Lipinski definition) is 3. The quantitative estimate of drug-likeness (QED) is 0.227. The van der Waals surface area contributed by atoms with Crippen molar-refractivity contribution in [3.05, 3.63) is 49.1 Å². The third kappa shape index (κ3) is 12.9. The van der Waals surface area contributed by atoms with Crippen molar-refractivity contribution in [3.8, 4) is 11.1 Å². The lowest BCUT2D eigenvalue weighted by Gasteiger charge is -2.04. The molecule has 0 unspecified atom stereocenters. The van der Waals surface area contributed by atoms with Gasteiger partial charge in [-0.15, -0.1) is 0 Å². The van der Waals surface area contributed by atoms with Gasteiger partial charge in [0.25, 0.3) is 0 Å². The van der Waals surface area contributed by atoms with Crippen LogP contribution < -0.4 is 9.13 Å². The third-order valence-corrected chi connectivity index (χ3v) is 5.99. The standard InChI is InChI=1S/C28H46N2O3/c1-2-3-4-5-6-7-8-9-10-11-16-29-17-12-27(13-18-29)28-14-19-30(20-15-28)21-23-32-25-26-33-24-22-31/h12-15,17-20,31H,2-11,16,21-26H2,1H3/q+2. The molecule has 0 aliphatic rings. The van der Waals surface area contributed by atoms with E-state index in [4.69, 9.17) is 14.6 Å². The molecule has 0 fully saturated rings. The Bertz CT molecular complexity index is 704. The van der Waals surface area contributed by atoms with E-state index in [1.807, 2.05) is 0 Å². The van der Waals surface area contributed by atoms with E-state index in [0.29, 0.717) is 26.4 Å². The van der Waals surface area contributed by atoms with Crippen LogP contribution in [-0.4, -0.2) is 38.1 Å². The van der Waals surface area contributed by atoms with Crippen LogP contribution in [0.4, 0.5) is 0 Å². The molecule has 0 radical (unpaired) electrons. The van der Waals surface area contributed by atoms with Gasteiger partial charge in [-0.25, -0.2) is 9.13 Å². The van der Waals surface area contributed by atoms with Gasteiger partial charge >= 0.3 is 0 Å². The fourth-order valence-electron chi connectivity index (χ4n) is 3.94. The number of aromatic nitrogens is 2. The van der Waals surface area contributed by atoms with Crippen molar-refractivity contribution in [1.82, 2.24) is 0 Å². The SMILES string of the molecule is CCCCCCCCCCCC[n+]1ccc(-c2cc[n+](CCOCCOCCO)cc2)cc1. The number of unbranched alkanes of at least 4 members (excludes halogenated alkanes) is 9. The van der Waals surface area contributed by atoms with Crippen LogP contribution in [0.15, 0.2) is 49.1 Å². The van der Waals surface area contributed by atoms with Crippen LogP contribution in [0.1, 0.15) is 71.1 Å². The lowest BCUT2D eigenvalue weighted by Crippen LogP contribution is -2.35. The Hall–Kier alpha value is -1.82. The van der Waals surface area contributed by atoms with E-state index in [9.17, 15) is 0 Å². The number of ether oxygens (including phenoxy) is 2. The minimum Gasteiger partial charge on any atom is -0.394 e. The summed E-state index contributed by atoms with van der Waals surface area (Å²) in [6.07, 6.45) is 22.4. The fourth-order valence-corrected chi connectivity index (χ4v) is 3.94. The molecule has 2 rings (SSSR count). The number of hydrogen-bond donors (Lipinski definition) is 1. The summed E-state index contributed by atoms with van der Waals surface area (Å²) in [5, 5.41) is 8.66. The topological polar surface area (TPSA) is 46.5 Å². The molecule has 0 aliphatic carbocycles. The number of aliphatic hydroxyl groups excluding tert-OH is 1. The highest BCUT2D eigenvalue weighted by molar-refractivity contribution is 5.60. The monoisotopic (exact) mass is 458 g/mol. The van der Waals surface area contributed by atoms with Gasteiger partial charge in [-0.3, -0.25) is 0 Å². The average molecular weight is 459 g/mol. The molecule has 0 amide bonds. The molecule has 5 heteroatoms. The predicted octanol–water partition coefficient (Wildman–Crippen LogP) is 4.88. The van der Waals surface area contributed by atoms with Gasteiger partial charge in [-0.05, 0) is 17.5 Å². The van der Waals surface area contributed by atoms with Crippen LogP contribution in [0, 0.1) is 0 Å². The summed E-state index contributed by atoms with van der Waals surface area (Å²) in [6.45, 7) is 6.37. The average Bonchev–Trinajstić information content (AvgIpc) is 2.85. The van der Waals surface area contributed by atoms with Gasteiger partial charge in [0.2, 0.25) is 0 Å². The summed E-state index contributed by atoms with van der Waals surface area (Å²) in [5.41, 5.74) is 2.48. The Morgan fingerprint density at radius 2 is 1.03 bits per heavy atom. The molecule has 0 atom stereocenters. The van der Waals surface area contributed by atoms with Gasteiger partial charge in [0.1, 0.15) is 13.2 Å². The first-order valence-electron chi connectivity index (χ1n) is 13.1. The van der Waals surface area contributed by atoms with Crippen molar-refractivity contribution < 1.29 is 23.7 Å². The molecule has 0 spiro atoms. The molecule has 33 heavy (non-hydrogen) atoms. The van der Waals surface area contributed by atoms with E-state index >= 15 is 0 Å². The molecule has 2 aromatic rings. The number of pyridine rings is 2. The molecule has 1 N–H and O–H groups in total. The van der Waals surface area contributed by atoms with Crippen LogP contribution in [-0.2, 0) is 22.6 Å². The van der Waals surface area contributed by atoms with Crippen molar-refractivity contribution in [2.75, 3.05) is 33.0 Å². The van der Waals surface area contributed by atoms with E-state index in [-0.39, 0.29) is 6.61 Å². The second-order valence-corrected chi connectivity index (χ2v) is 8.78. The molecule has 2 heterocycles. The molecule has 0 saturated carbocycles. The van der Waals surface area contributed by atoms with Crippen molar-refractivity contribution in [2.24, 2.45) is 0 Å². The molecule has 0 aromatic carbocycles. The van der Waals surface area contributed by atoms with E-state index < -0.39 is 0 Å². The van der Waals surface area contributed by atoms with Crippen molar-refractivity contribution >= 4 is 0 Å². The fraction of sp³-hybridized carbons (Fsp3) is 0.643. The summed E-state index contributed by atoms with van der Waals surface area (Å²) in [6, 6.07) is 8.75. The molecular weight excluding hydrogens is 412 g/mol. The molecular formula is C28H46N2O3+2. The smallest absolute Gasteiger partial charge is 0.171 e.